The lowest BCUT2D eigenvalue weighted by Crippen LogP contribution is -2.23. The van der Waals surface area contributed by atoms with Crippen LogP contribution in [0.5, 0.6) is 0 Å². The van der Waals surface area contributed by atoms with Gasteiger partial charge in [0.15, 0.2) is 0 Å². The lowest BCUT2D eigenvalue weighted by atomic mass is 9.99. The van der Waals surface area contributed by atoms with Crippen molar-refractivity contribution in [2.45, 2.75) is 13.5 Å². The maximum atomic E-state index is 11.1. The highest BCUT2D eigenvalue weighted by molar-refractivity contribution is 5.71. The van der Waals surface area contributed by atoms with Gasteiger partial charge in [-0.05, 0) is 29.7 Å². The van der Waals surface area contributed by atoms with Crippen molar-refractivity contribution in [3.05, 3.63) is 48.3 Å². The predicted octanol–water partition coefficient (Wildman–Crippen LogP) is 2.02. The van der Waals surface area contributed by atoms with Crippen LogP contribution < -0.4 is 0 Å². The van der Waals surface area contributed by atoms with E-state index in [9.17, 15) is 9.90 Å². The van der Waals surface area contributed by atoms with Crippen molar-refractivity contribution in [3.8, 4) is 5.69 Å². The van der Waals surface area contributed by atoms with Gasteiger partial charge in [0.05, 0.1) is 11.6 Å². The minimum absolute atomic E-state index is 0.214. The van der Waals surface area contributed by atoms with E-state index in [-0.39, 0.29) is 11.8 Å². The summed E-state index contributed by atoms with van der Waals surface area (Å²) in [7, 11) is 0. The standard InChI is InChI=1S/C16H19N3O2/c1-12-9-18(11-15(12)16(20)21)10-13-3-5-14(6-4-13)19-8-2-7-17-19/h2-8,12,15H,9-11H2,1H3,(H,20,21)/t12-,15-/m1/s1. The fourth-order valence-corrected chi connectivity index (χ4v) is 2.95. The number of hydrogen-bond acceptors (Lipinski definition) is 3. The maximum Gasteiger partial charge on any atom is 0.308 e. The zero-order valence-electron chi connectivity index (χ0n) is 12.0. The van der Waals surface area contributed by atoms with E-state index in [2.05, 4.69) is 22.1 Å². The molecule has 1 fully saturated rings. The number of rotatable bonds is 4. The number of carbonyl (C=O) groups is 1. The molecule has 2 atom stereocenters. The molecule has 0 radical (unpaired) electrons. The number of aromatic nitrogens is 2. The van der Waals surface area contributed by atoms with Crippen LogP contribution in [0.4, 0.5) is 0 Å². The highest BCUT2D eigenvalue weighted by atomic mass is 16.4. The fraction of sp³-hybridized carbons (Fsp3) is 0.375. The Hall–Kier alpha value is -2.14. The minimum atomic E-state index is -0.681. The van der Waals surface area contributed by atoms with Crippen molar-refractivity contribution in [1.82, 2.24) is 14.7 Å². The van der Waals surface area contributed by atoms with Crippen LogP contribution in [0.3, 0.4) is 0 Å². The average molecular weight is 285 g/mol. The van der Waals surface area contributed by atoms with Gasteiger partial charge in [-0.2, -0.15) is 5.10 Å². The largest absolute Gasteiger partial charge is 0.481 e. The first kappa shape index (κ1) is 13.8. The van der Waals surface area contributed by atoms with Gasteiger partial charge in [0.2, 0.25) is 0 Å². The van der Waals surface area contributed by atoms with E-state index >= 15 is 0 Å². The summed E-state index contributed by atoms with van der Waals surface area (Å²) in [5.74, 6) is -0.710. The van der Waals surface area contributed by atoms with Crippen molar-refractivity contribution < 1.29 is 9.90 Å². The quantitative estimate of drug-likeness (QED) is 0.933. The molecular formula is C16H19N3O2. The molecule has 1 N–H and O–H groups in total. The number of nitrogens with zero attached hydrogens (tertiary/aromatic N) is 3. The predicted molar refractivity (Wildman–Crippen MR) is 79.1 cm³/mol. The second-order valence-electron chi connectivity index (χ2n) is 5.73. The van der Waals surface area contributed by atoms with Gasteiger partial charge >= 0.3 is 5.97 Å². The van der Waals surface area contributed by atoms with E-state index in [1.807, 2.05) is 36.0 Å². The van der Waals surface area contributed by atoms with E-state index < -0.39 is 5.97 Å². The van der Waals surface area contributed by atoms with Crippen LogP contribution in [-0.4, -0.2) is 38.8 Å². The Bertz CT molecular complexity index is 607. The van der Waals surface area contributed by atoms with E-state index in [1.54, 1.807) is 6.20 Å². The molecule has 5 nitrogen and oxygen atoms in total. The van der Waals surface area contributed by atoms with Gasteiger partial charge < -0.3 is 5.11 Å². The molecule has 1 saturated heterocycles. The van der Waals surface area contributed by atoms with Gasteiger partial charge in [-0.15, -0.1) is 0 Å². The number of likely N-dealkylation sites (tertiary alicyclic amines) is 1. The third kappa shape index (κ3) is 2.97. The van der Waals surface area contributed by atoms with Crippen LogP contribution in [0.25, 0.3) is 5.69 Å². The van der Waals surface area contributed by atoms with Crippen LogP contribution in [-0.2, 0) is 11.3 Å². The molecule has 1 aromatic heterocycles. The SMILES string of the molecule is C[C@@H]1CN(Cc2ccc(-n3cccn3)cc2)C[C@H]1C(=O)O. The topological polar surface area (TPSA) is 58.4 Å². The van der Waals surface area contributed by atoms with Crippen LogP contribution in [0.15, 0.2) is 42.7 Å². The summed E-state index contributed by atoms with van der Waals surface area (Å²) in [5, 5.41) is 13.4. The molecule has 0 bridgehead atoms. The second-order valence-corrected chi connectivity index (χ2v) is 5.73. The Balaban J connectivity index is 1.65. The van der Waals surface area contributed by atoms with Crippen LogP contribution in [0.1, 0.15) is 12.5 Å². The Kier molecular flexibility index (Phi) is 3.75. The Morgan fingerprint density at radius 3 is 2.67 bits per heavy atom. The summed E-state index contributed by atoms with van der Waals surface area (Å²) in [6.45, 7) is 4.29. The first-order valence-electron chi connectivity index (χ1n) is 7.17. The number of hydrogen-bond donors (Lipinski definition) is 1. The van der Waals surface area contributed by atoms with E-state index in [0.717, 1.165) is 18.8 Å². The van der Waals surface area contributed by atoms with Crippen LogP contribution >= 0.6 is 0 Å². The highest BCUT2D eigenvalue weighted by Crippen LogP contribution is 2.24. The van der Waals surface area contributed by atoms with Gasteiger partial charge in [0.25, 0.3) is 0 Å². The Morgan fingerprint density at radius 1 is 1.33 bits per heavy atom. The maximum absolute atomic E-state index is 11.1. The van der Waals surface area contributed by atoms with E-state index in [1.165, 1.54) is 5.56 Å². The first-order valence-corrected chi connectivity index (χ1v) is 7.17. The highest BCUT2D eigenvalue weighted by Gasteiger charge is 2.34. The van der Waals surface area contributed by atoms with E-state index in [0.29, 0.717) is 6.54 Å². The molecule has 0 aliphatic carbocycles. The van der Waals surface area contributed by atoms with Crippen LogP contribution in [0.2, 0.25) is 0 Å². The summed E-state index contributed by atoms with van der Waals surface area (Å²) >= 11 is 0. The molecule has 2 aromatic rings. The van der Waals surface area contributed by atoms with Crippen LogP contribution in [0, 0.1) is 11.8 Å². The molecule has 1 aliphatic heterocycles. The molecular weight excluding hydrogens is 266 g/mol. The molecule has 0 unspecified atom stereocenters. The normalized spacial score (nSPS) is 22.5. The minimum Gasteiger partial charge on any atom is -0.481 e. The zero-order chi connectivity index (χ0) is 14.8. The third-order valence-corrected chi connectivity index (χ3v) is 4.12. The first-order chi connectivity index (χ1) is 10.1. The number of aliphatic carboxylic acids is 1. The molecule has 0 amide bonds. The molecule has 21 heavy (non-hydrogen) atoms. The lowest BCUT2D eigenvalue weighted by Gasteiger charge is -2.15. The number of benzene rings is 1. The van der Waals surface area contributed by atoms with Crippen molar-refractivity contribution >= 4 is 5.97 Å². The monoisotopic (exact) mass is 285 g/mol. The summed E-state index contributed by atoms with van der Waals surface area (Å²) in [6, 6.07) is 10.1. The molecule has 5 heteroatoms. The average Bonchev–Trinajstić information content (AvgIpc) is 3.09. The Morgan fingerprint density at radius 2 is 2.10 bits per heavy atom. The van der Waals surface area contributed by atoms with Gasteiger partial charge in [0.1, 0.15) is 0 Å². The van der Waals surface area contributed by atoms with Gasteiger partial charge in [-0.1, -0.05) is 19.1 Å². The smallest absolute Gasteiger partial charge is 0.308 e. The summed E-state index contributed by atoms with van der Waals surface area (Å²) < 4.78 is 1.82. The molecule has 0 saturated carbocycles. The van der Waals surface area contributed by atoms with E-state index in [4.69, 9.17) is 0 Å². The Labute approximate surface area is 123 Å². The summed E-state index contributed by atoms with van der Waals surface area (Å²) in [6.07, 6.45) is 3.67. The van der Waals surface area contributed by atoms with Crippen molar-refractivity contribution in [2.24, 2.45) is 11.8 Å². The summed E-state index contributed by atoms with van der Waals surface area (Å²) in [5.41, 5.74) is 2.23. The fourth-order valence-electron chi connectivity index (χ4n) is 2.95. The lowest BCUT2D eigenvalue weighted by molar-refractivity contribution is -0.142. The van der Waals surface area contributed by atoms with Gasteiger partial charge in [-0.25, -0.2) is 4.68 Å². The molecule has 2 heterocycles. The second kappa shape index (κ2) is 5.69. The van der Waals surface area contributed by atoms with Crippen molar-refractivity contribution in [2.75, 3.05) is 13.1 Å². The molecule has 110 valence electrons. The molecule has 0 spiro atoms. The van der Waals surface area contributed by atoms with Gasteiger partial charge in [0, 0.05) is 32.0 Å². The molecule has 1 aromatic carbocycles. The molecule has 1 aliphatic rings. The summed E-state index contributed by atoms with van der Waals surface area (Å²) in [4.78, 5) is 13.4. The molecule has 3 rings (SSSR count). The number of carboxylic acids is 1. The number of carboxylic acid groups (broad SMARTS) is 1. The van der Waals surface area contributed by atoms with Crippen molar-refractivity contribution in [1.29, 1.82) is 0 Å². The van der Waals surface area contributed by atoms with Gasteiger partial charge in [-0.3, -0.25) is 9.69 Å². The zero-order valence-corrected chi connectivity index (χ0v) is 12.0. The van der Waals surface area contributed by atoms with Crippen molar-refractivity contribution in [3.63, 3.8) is 0 Å². The third-order valence-electron chi connectivity index (χ3n) is 4.12.